The molecule has 0 aromatic carbocycles. The van der Waals surface area contributed by atoms with Crippen LogP contribution in [0.4, 0.5) is 9.59 Å². The van der Waals surface area contributed by atoms with Gasteiger partial charge in [0.25, 0.3) is 0 Å². The second kappa shape index (κ2) is 4.65. The Bertz CT molecular complexity index is 171. The second-order valence-corrected chi connectivity index (χ2v) is 4.15. The van der Waals surface area contributed by atoms with Gasteiger partial charge in [-0.05, 0) is 6.66 Å². The minimum atomic E-state index is -2.29. The molecule has 2 atom stereocenters. The number of hydrogen-bond acceptors (Lipinski definition) is 4. The summed E-state index contributed by atoms with van der Waals surface area (Å²) in [5, 5.41) is 8.28. The minimum Gasteiger partial charge on any atom is -0.478 e. The van der Waals surface area contributed by atoms with E-state index in [2.05, 4.69) is 4.52 Å². The molecule has 0 aliphatic rings. The summed E-state index contributed by atoms with van der Waals surface area (Å²) in [6.45, 7) is 1.21. The smallest absolute Gasteiger partial charge is 0.341 e. The third kappa shape index (κ3) is 4.30. The molecule has 2 radical (unpaired) electrons. The first-order valence-corrected chi connectivity index (χ1v) is 5.44. The Balaban J connectivity index is 3.93. The highest BCUT2D eigenvalue weighted by Gasteiger charge is 2.23. The van der Waals surface area contributed by atoms with Gasteiger partial charge in [0.2, 0.25) is 7.57 Å². The van der Waals surface area contributed by atoms with Crippen LogP contribution in [0, 0.1) is 0 Å². The highest BCUT2D eigenvalue weighted by Crippen LogP contribution is 2.39. The van der Waals surface area contributed by atoms with Gasteiger partial charge in [-0.3, -0.25) is 0 Å². The lowest BCUT2D eigenvalue weighted by Crippen LogP contribution is -2.01. The fraction of sp³-hybridized carbons (Fsp3) is 0.333. The quantitative estimate of drug-likeness (QED) is 0.522. The molecule has 0 aliphatic heterocycles. The zero-order valence-corrected chi connectivity index (χ0v) is 7.38. The summed E-state index contributed by atoms with van der Waals surface area (Å²) in [5.41, 5.74) is -2.22. The molecule has 0 amide bonds. The Kier molecular flexibility index (Phi) is 4.58. The van der Waals surface area contributed by atoms with Crippen LogP contribution < -0.4 is 0 Å². The van der Waals surface area contributed by atoms with E-state index in [1.807, 2.05) is 0 Å². The molecule has 0 spiro atoms. The zero-order chi connectivity index (χ0) is 9.02. The molecule has 11 heavy (non-hydrogen) atoms. The first-order chi connectivity index (χ1) is 4.95. The third-order valence-electron chi connectivity index (χ3n) is 0.732. The molecule has 2 N–H and O–H groups in total. The highest BCUT2D eigenvalue weighted by molar-refractivity contribution is 7.88. The first kappa shape index (κ1) is 10.8. The molecular formula is C3H5BO5P2. The van der Waals surface area contributed by atoms with E-state index < -0.39 is 27.6 Å². The Morgan fingerprint density at radius 1 is 1.55 bits per heavy atom. The minimum absolute atomic E-state index is 0.969. The van der Waals surface area contributed by atoms with Crippen LogP contribution in [0.15, 0.2) is 0 Å². The van der Waals surface area contributed by atoms with Gasteiger partial charge in [0.05, 0.1) is 0 Å². The van der Waals surface area contributed by atoms with Gasteiger partial charge in [0, 0.05) is 0 Å². The monoisotopic (exact) mass is 194 g/mol. The fourth-order valence-corrected chi connectivity index (χ4v) is 1.28. The van der Waals surface area contributed by atoms with Crippen molar-refractivity contribution in [1.82, 2.24) is 0 Å². The summed E-state index contributed by atoms with van der Waals surface area (Å²) < 4.78 is 4.08. The van der Waals surface area contributed by atoms with Gasteiger partial charge < -0.3 is 14.5 Å². The number of carbonyl (C=O) groups excluding carboxylic acids is 1. The molecule has 0 heterocycles. The van der Waals surface area contributed by atoms with E-state index in [9.17, 15) is 9.59 Å². The maximum atomic E-state index is 10.6. The summed E-state index contributed by atoms with van der Waals surface area (Å²) >= 11 is 0. The molecule has 0 fully saturated rings. The van der Waals surface area contributed by atoms with E-state index >= 15 is 0 Å². The second-order valence-electron chi connectivity index (χ2n) is 1.50. The van der Waals surface area contributed by atoms with Crippen LogP contribution in [0.3, 0.4) is 0 Å². The summed E-state index contributed by atoms with van der Waals surface area (Å²) in [4.78, 5) is 29.1. The summed E-state index contributed by atoms with van der Waals surface area (Å²) in [6.07, 6.45) is 0. The van der Waals surface area contributed by atoms with Crippen LogP contribution in [0.5, 0.6) is 0 Å². The number of carboxylic acid groups (broad SMARTS) is 1. The maximum Gasteiger partial charge on any atom is 0.341 e. The van der Waals surface area contributed by atoms with E-state index in [1.54, 1.807) is 0 Å². The van der Waals surface area contributed by atoms with Gasteiger partial charge in [-0.15, -0.1) is 0 Å². The van der Waals surface area contributed by atoms with Gasteiger partial charge in [-0.25, -0.2) is 9.59 Å². The molecule has 2 unspecified atom stereocenters. The lowest BCUT2D eigenvalue weighted by Gasteiger charge is -2.08. The van der Waals surface area contributed by atoms with Crippen molar-refractivity contribution in [3.8, 4) is 0 Å². The summed E-state index contributed by atoms with van der Waals surface area (Å²) in [7, 11) is 0.531. The van der Waals surface area contributed by atoms with Gasteiger partial charge in [-0.2, -0.15) is 0 Å². The van der Waals surface area contributed by atoms with Gasteiger partial charge in [0.15, 0.2) is 8.25 Å². The Hall–Kier alpha value is -0.175. The van der Waals surface area contributed by atoms with Crippen LogP contribution in [-0.4, -0.2) is 35.7 Å². The topological polar surface area (TPSA) is 83.8 Å². The average molecular weight is 194 g/mol. The molecule has 0 aromatic heterocycles. The van der Waals surface area contributed by atoms with Crippen molar-refractivity contribution >= 4 is 35.2 Å². The van der Waals surface area contributed by atoms with Crippen molar-refractivity contribution in [1.29, 1.82) is 0 Å². The van der Waals surface area contributed by atoms with E-state index in [-0.39, 0.29) is 0 Å². The highest BCUT2D eigenvalue weighted by atomic mass is 31.2. The molecule has 0 aromatic rings. The average Bonchev–Trinajstić information content (AvgIpc) is 1.84. The van der Waals surface area contributed by atoms with Crippen molar-refractivity contribution in [3.63, 3.8) is 0 Å². The molecule has 0 rings (SSSR count). The lowest BCUT2D eigenvalue weighted by atomic mass is 10.8. The van der Waals surface area contributed by atoms with Crippen molar-refractivity contribution in [3.05, 3.63) is 0 Å². The van der Waals surface area contributed by atoms with Crippen LogP contribution >= 0.6 is 16.2 Å². The molecule has 0 saturated carbocycles. The molecule has 0 saturated heterocycles. The number of rotatable bonds is 3. The standard InChI is InChI=1S/C3H5BO5P2/c1-10(2(5)6)3(7)9-11(4)8/h8H,1H3,(H,5,6). The van der Waals surface area contributed by atoms with Crippen molar-refractivity contribution in [2.45, 2.75) is 0 Å². The Labute approximate surface area is 66.8 Å². The van der Waals surface area contributed by atoms with Crippen molar-refractivity contribution in [2.24, 2.45) is 0 Å². The fourth-order valence-electron chi connectivity index (χ4n) is 0.219. The maximum absolute atomic E-state index is 10.6. The van der Waals surface area contributed by atoms with E-state index in [4.69, 9.17) is 17.6 Å². The molecular weight excluding hydrogens is 189 g/mol. The van der Waals surface area contributed by atoms with E-state index in [0.717, 1.165) is 0 Å². The van der Waals surface area contributed by atoms with Crippen LogP contribution in [0.25, 0.3) is 0 Å². The lowest BCUT2D eigenvalue weighted by molar-refractivity contribution is 0.217. The van der Waals surface area contributed by atoms with Crippen LogP contribution in [-0.2, 0) is 4.52 Å². The number of hydrogen-bond donors (Lipinski definition) is 2. The largest absolute Gasteiger partial charge is 0.478 e. The van der Waals surface area contributed by atoms with Crippen LogP contribution in [0.2, 0.25) is 0 Å². The molecule has 0 aliphatic carbocycles. The zero-order valence-electron chi connectivity index (χ0n) is 5.59. The van der Waals surface area contributed by atoms with Gasteiger partial charge in [0.1, 0.15) is 7.92 Å². The summed E-state index contributed by atoms with van der Waals surface area (Å²) in [6, 6.07) is 0. The molecule has 0 bridgehead atoms. The summed E-state index contributed by atoms with van der Waals surface area (Å²) in [5.74, 6) is 0. The van der Waals surface area contributed by atoms with Crippen LogP contribution in [0.1, 0.15) is 0 Å². The Morgan fingerprint density at radius 2 is 2.00 bits per heavy atom. The predicted octanol–water partition coefficient (Wildman–Crippen LogP) is 1.30. The van der Waals surface area contributed by atoms with E-state index in [0.29, 0.717) is 0 Å². The molecule has 5 nitrogen and oxygen atoms in total. The number of carbonyl (C=O) groups is 2. The predicted molar refractivity (Wildman–Crippen MR) is 42.2 cm³/mol. The molecule has 8 heteroatoms. The van der Waals surface area contributed by atoms with E-state index in [1.165, 1.54) is 6.66 Å². The van der Waals surface area contributed by atoms with Gasteiger partial charge >= 0.3 is 11.4 Å². The Morgan fingerprint density at radius 3 is 2.27 bits per heavy atom. The van der Waals surface area contributed by atoms with Crippen molar-refractivity contribution in [2.75, 3.05) is 6.66 Å². The SMILES string of the molecule is [B]P(O)OC(=O)P(C)C(=O)O. The first-order valence-electron chi connectivity index (χ1n) is 2.37. The van der Waals surface area contributed by atoms with Crippen molar-refractivity contribution < 1.29 is 24.1 Å². The third-order valence-corrected chi connectivity index (χ3v) is 2.44. The normalized spacial score (nSPS) is 15.1. The van der Waals surface area contributed by atoms with Gasteiger partial charge in [-0.1, -0.05) is 0 Å². The molecule has 60 valence electrons.